The molecule has 0 atom stereocenters. The highest BCUT2D eigenvalue weighted by Gasteiger charge is 2.07. The maximum absolute atomic E-state index is 11.5. The first-order valence-corrected chi connectivity index (χ1v) is 4.80. The molecule has 0 saturated heterocycles. The van der Waals surface area contributed by atoms with Gasteiger partial charge in [0.25, 0.3) is 11.5 Å². The summed E-state index contributed by atoms with van der Waals surface area (Å²) in [6.07, 6.45) is 1.17. The van der Waals surface area contributed by atoms with Crippen molar-refractivity contribution in [3.05, 3.63) is 33.1 Å². The molecule has 9 heteroatoms. The van der Waals surface area contributed by atoms with E-state index < -0.39 is 29.7 Å². The molecule has 1 aromatic heterocycles. The van der Waals surface area contributed by atoms with Gasteiger partial charge < -0.3 is 5.11 Å². The van der Waals surface area contributed by atoms with Gasteiger partial charge in [0.1, 0.15) is 6.54 Å². The number of rotatable bonds is 5. The minimum absolute atomic E-state index is 0.382. The number of hydroxylamine groups is 1. The number of hydrogen-bond donors (Lipinski definition) is 2. The molecule has 1 rings (SSSR count). The third kappa shape index (κ3) is 3.56. The molecule has 0 radical (unpaired) electrons. The van der Waals surface area contributed by atoms with Crippen LogP contribution in [0.25, 0.3) is 0 Å². The molecule has 9 nitrogen and oxygen atoms in total. The summed E-state index contributed by atoms with van der Waals surface area (Å²) < 4.78 is 1.83. The Morgan fingerprint density at radius 2 is 2.11 bits per heavy atom. The molecule has 0 spiro atoms. The van der Waals surface area contributed by atoms with Crippen LogP contribution in [0.1, 0.15) is 0 Å². The number of nitrogens with zero attached hydrogens (tertiary/aromatic N) is 2. The first-order chi connectivity index (χ1) is 8.41. The molecular formula is C9H11N3O6. The third-order valence-corrected chi connectivity index (χ3v) is 1.96. The van der Waals surface area contributed by atoms with Gasteiger partial charge in [-0.15, -0.1) is 0 Å². The average molecular weight is 257 g/mol. The Morgan fingerprint density at radius 1 is 1.44 bits per heavy atom. The molecule has 2 N–H and O–H groups in total. The average Bonchev–Trinajstić information content (AvgIpc) is 2.29. The van der Waals surface area contributed by atoms with Crippen molar-refractivity contribution in [2.24, 2.45) is 7.05 Å². The molecule has 18 heavy (non-hydrogen) atoms. The lowest BCUT2D eigenvalue weighted by Crippen LogP contribution is -2.40. The zero-order valence-electron chi connectivity index (χ0n) is 9.45. The number of carboxylic acids is 1. The van der Waals surface area contributed by atoms with Crippen LogP contribution in [-0.4, -0.2) is 32.7 Å². The van der Waals surface area contributed by atoms with E-state index in [1.54, 1.807) is 0 Å². The Hall–Kier alpha value is -2.42. The number of aliphatic carboxylic acids is 1. The SMILES string of the molecule is Cn1c(=O)ccn(CC(=O)NOCC(=O)O)c1=O. The smallest absolute Gasteiger partial charge is 0.332 e. The lowest BCUT2D eigenvalue weighted by atomic mass is 10.5. The quantitative estimate of drug-likeness (QED) is 0.571. The Bertz CT molecular complexity index is 572. The van der Waals surface area contributed by atoms with Crippen LogP contribution in [0.4, 0.5) is 0 Å². The number of carbonyl (C=O) groups is 2. The summed E-state index contributed by atoms with van der Waals surface area (Å²) in [6.45, 7) is -1.07. The molecule has 0 bridgehead atoms. The van der Waals surface area contributed by atoms with Crippen LogP contribution in [0.15, 0.2) is 21.9 Å². The number of amides is 1. The van der Waals surface area contributed by atoms with Gasteiger partial charge in [-0.3, -0.25) is 23.6 Å². The summed E-state index contributed by atoms with van der Waals surface area (Å²) >= 11 is 0. The molecular weight excluding hydrogens is 246 g/mol. The van der Waals surface area contributed by atoms with E-state index in [1.165, 1.54) is 13.2 Å². The summed E-state index contributed by atoms with van der Waals surface area (Å²) in [5, 5.41) is 8.26. The molecule has 0 fully saturated rings. The number of hydrogen-bond acceptors (Lipinski definition) is 5. The van der Waals surface area contributed by atoms with E-state index in [1.807, 2.05) is 5.48 Å². The molecule has 0 aliphatic rings. The Labute approximate surface area is 100 Å². The second-order valence-corrected chi connectivity index (χ2v) is 3.33. The number of aromatic nitrogens is 2. The third-order valence-electron chi connectivity index (χ3n) is 1.96. The summed E-state index contributed by atoms with van der Waals surface area (Å²) in [5.41, 5.74) is 0.713. The van der Waals surface area contributed by atoms with Gasteiger partial charge in [-0.25, -0.2) is 15.1 Å². The summed E-state index contributed by atoms with van der Waals surface area (Å²) in [7, 11) is 1.28. The van der Waals surface area contributed by atoms with Crippen molar-refractivity contribution in [1.82, 2.24) is 14.6 Å². The predicted octanol–water partition coefficient (Wildman–Crippen LogP) is -2.32. The van der Waals surface area contributed by atoms with Crippen LogP contribution in [-0.2, 0) is 28.0 Å². The van der Waals surface area contributed by atoms with Crippen molar-refractivity contribution in [1.29, 1.82) is 0 Å². The molecule has 1 heterocycles. The maximum atomic E-state index is 11.5. The predicted molar refractivity (Wildman–Crippen MR) is 57.7 cm³/mol. The van der Waals surface area contributed by atoms with Crippen molar-refractivity contribution in [2.45, 2.75) is 6.54 Å². The van der Waals surface area contributed by atoms with Crippen molar-refractivity contribution in [2.75, 3.05) is 6.61 Å². The fourth-order valence-corrected chi connectivity index (χ4v) is 1.10. The van der Waals surface area contributed by atoms with Crippen LogP contribution < -0.4 is 16.7 Å². The molecule has 0 aliphatic carbocycles. The fraction of sp³-hybridized carbons (Fsp3) is 0.333. The van der Waals surface area contributed by atoms with Gasteiger partial charge in [0, 0.05) is 19.3 Å². The van der Waals surface area contributed by atoms with Gasteiger partial charge in [0.05, 0.1) is 0 Å². The van der Waals surface area contributed by atoms with Gasteiger partial charge in [-0.1, -0.05) is 0 Å². The molecule has 0 unspecified atom stereocenters. The standard InChI is InChI=1S/C9H11N3O6/c1-11-7(14)2-3-12(9(11)17)4-6(13)10-18-5-8(15)16/h2-3H,4-5H2,1H3,(H,10,13)(H,15,16). The molecule has 0 aromatic carbocycles. The van der Waals surface area contributed by atoms with Crippen LogP contribution in [0, 0.1) is 0 Å². The first kappa shape index (κ1) is 13.6. The normalized spacial score (nSPS) is 10.1. The number of carbonyl (C=O) groups excluding carboxylic acids is 1. The summed E-state index contributed by atoms with van der Waals surface area (Å²) in [5.74, 6) is -1.95. The van der Waals surface area contributed by atoms with Crippen LogP contribution in [0.3, 0.4) is 0 Å². The molecule has 0 aliphatic heterocycles. The Kier molecular flexibility index (Phi) is 4.38. The lowest BCUT2D eigenvalue weighted by Gasteiger charge is -2.07. The topological polar surface area (TPSA) is 120 Å². The fourth-order valence-electron chi connectivity index (χ4n) is 1.10. The van der Waals surface area contributed by atoms with Crippen LogP contribution in [0.5, 0.6) is 0 Å². The summed E-state index contributed by atoms with van der Waals surface area (Å²) in [4.78, 5) is 48.3. The van der Waals surface area contributed by atoms with Crippen LogP contribution >= 0.6 is 0 Å². The largest absolute Gasteiger partial charge is 0.479 e. The zero-order valence-corrected chi connectivity index (χ0v) is 9.45. The minimum atomic E-state index is -1.24. The number of nitrogens with one attached hydrogen (secondary N) is 1. The second kappa shape index (κ2) is 5.77. The monoisotopic (exact) mass is 257 g/mol. The van der Waals surface area contributed by atoms with E-state index in [-0.39, 0.29) is 6.54 Å². The van der Waals surface area contributed by atoms with Crippen molar-refractivity contribution in [3.8, 4) is 0 Å². The van der Waals surface area contributed by atoms with E-state index >= 15 is 0 Å². The van der Waals surface area contributed by atoms with Gasteiger partial charge in [-0.05, 0) is 0 Å². The van der Waals surface area contributed by atoms with E-state index in [2.05, 4.69) is 4.84 Å². The van der Waals surface area contributed by atoms with E-state index in [0.717, 1.165) is 15.2 Å². The highest BCUT2D eigenvalue weighted by molar-refractivity contribution is 5.75. The highest BCUT2D eigenvalue weighted by Crippen LogP contribution is 1.79. The first-order valence-electron chi connectivity index (χ1n) is 4.80. The summed E-state index contributed by atoms with van der Waals surface area (Å²) in [6, 6.07) is 1.13. The second-order valence-electron chi connectivity index (χ2n) is 3.33. The van der Waals surface area contributed by atoms with Crippen LogP contribution in [0.2, 0.25) is 0 Å². The Morgan fingerprint density at radius 3 is 2.72 bits per heavy atom. The Balaban J connectivity index is 2.66. The highest BCUT2D eigenvalue weighted by atomic mass is 16.7. The van der Waals surface area contributed by atoms with Crippen molar-refractivity contribution in [3.63, 3.8) is 0 Å². The van der Waals surface area contributed by atoms with E-state index in [4.69, 9.17) is 5.11 Å². The van der Waals surface area contributed by atoms with E-state index in [0.29, 0.717) is 0 Å². The van der Waals surface area contributed by atoms with Crippen molar-refractivity contribution < 1.29 is 19.5 Å². The number of carboxylic acid groups (broad SMARTS) is 1. The van der Waals surface area contributed by atoms with Gasteiger partial charge in [-0.2, -0.15) is 0 Å². The van der Waals surface area contributed by atoms with Crippen molar-refractivity contribution >= 4 is 11.9 Å². The van der Waals surface area contributed by atoms with Gasteiger partial charge >= 0.3 is 11.7 Å². The van der Waals surface area contributed by atoms with Gasteiger partial charge in [0.15, 0.2) is 6.61 Å². The van der Waals surface area contributed by atoms with Gasteiger partial charge in [0.2, 0.25) is 0 Å². The molecule has 0 saturated carbocycles. The molecule has 1 amide bonds. The lowest BCUT2D eigenvalue weighted by molar-refractivity contribution is -0.149. The molecule has 98 valence electrons. The molecule has 1 aromatic rings. The maximum Gasteiger partial charge on any atom is 0.332 e. The zero-order chi connectivity index (χ0) is 13.7. The van der Waals surface area contributed by atoms with E-state index in [9.17, 15) is 19.2 Å². The minimum Gasteiger partial charge on any atom is -0.479 e.